The number of hydrogen-bond donors (Lipinski definition) is 2. The first-order chi connectivity index (χ1) is 13.6. The van der Waals surface area contributed by atoms with E-state index in [-0.39, 0.29) is 29.3 Å². The van der Waals surface area contributed by atoms with Crippen molar-refractivity contribution in [3.8, 4) is 0 Å². The molecule has 0 aromatic heterocycles. The normalized spacial score (nSPS) is 18.8. The SMILES string of the molecule is O=C(CCCc1ccc(F)cc1)[C@@H]1CNC[C@H]1C(=O)NCCc1ccccc1. The number of nitrogens with one attached hydrogen (secondary N) is 2. The Morgan fingerprint density at radius 3 is 2.36 bits per heavy atom. The van der Waals surface area contributed by atoms with Gasteiger partial charge in [0.25, 0.3) is 0 Å². The molecule has 0 spiro atoms. The molecule has 0 unspecified atom stereocenters. The number of aryl methyl sites for hydroxylation is 1. The molecule has 5 heteroatoms. The van der Waals surface area contributed by atoms with Gasteiger partial charge in [-0.15, -0.1) is 0 Å². The summed E-state index contributed by atoms with van der Waals surface area (Å²) in [6.45, 7) is 1.68. The maximum Gasteiger partial charge on any atom is 0.225 e. The lowest BCUT2D eigenvalue weighted by Crippen LogP contribution is -2.38. The van der Waals surface area contributed by atoms with Gasteiger partial charge in [0.1, 0.15) is 11.6 Å². The van der Waals surface area contributed by atoms with Crippen molar-refractivity contribution in [2.45, 2.75) is 25.7 Å². The van der Waals surface area contributed by atoms with Crippen LogP contribution in [-0.2, 0) is 22.4 Å². The topological polar surface area (TPSA) is 58.2 Å². The van der Waals surface area contributed by atoms with Crippen LogP contribution in [-0.4, -0.2) is 31.3 Å². The molecule has 2 atom stereocenters. The van der Waals surface area contributed by atoms with Crippen LogP contribution >= 0.6 is 0 Å². The van der Waals surface area contributed by atoms with E-state index in [2.05, 4.69) is 10.6 Å². The summed E-state index contributed by atoms with van der Waals surface area (Å²) in [5.74, 6) is -0.717. The molecule has 1 saturated heterocycles. The first-order valence-electron chi connectivity index (χ1n) is 9.93. The zero-order valence-corrected chi connectivity index (χ0v) is 16.0. The summed E-state index contributed by atoms with van der Waals surface area (Å²) >= 11 is 0. The molecule has 0 saturated carbocycles. The molecule has 1 aliphatic heterocycles. The van der Waals surface area contributed by atoms with Crippen LogP contribution in [0.15, 0.2) is 54.6 Å². The van der Waals surface area contributed by atoms with Crippen LogP contribution in [0.2, 0.25) is 0 Å². The Balaban J connectivity index is 1.42. The second-order valence-electron chi connectivity index (χ2n) is 7.34. The molecule has 1 amide bonds. The maximum atomic E-state index is 12.9. The van der Waals surface area contributed by atoms with Crippen molar-refractivity contribution in [1.29, 1.82) is 0 Å². The molecule has 28 heavy (non-hydrogen) atoms. The Labute approximate surface area is 165 Å². The van der Waals surface area contributed by atoms with Gasteiger partial charge in [0.2, 0.25) is 5.91 Å². The number of amides is 1. The molecule has 0 bridgehead atoms. The smallest absolute Gasteiger partial charge is 0.225 e. The van der Waals surface area contributed by atoms with Gasteiger partial charge < -0.3 is 10.6 Å². The maximum absolute atomic E-state index is 12.9. The van der Waals surface area contributed by atoms with E-state index < -0.39 is 0 Å². The summed E-state index contributed by atoms with van der Waals surface area (Å²) in [6, 6.07) is 16.4. The van der Waals surface area contributed by atoms with Gasteiger partial charge in [-0.25, -0.2) is 4.39 Å². The van der Waals surface area contributed by atoms with Crippen molar-refractivity contribution in [2.24, 2.45) is 11.8 Å². The number of rotatable bonds is 9. The Hall–Kier alpha value is -2.53. The number of carbonyl (C=O) groups is 2. The van der Waals surface area contributed by atoms with Crippen LogP contribution in [0.4, 0.5) is 4.39 Å². The molecule has 0 radical (unpaired) electrons. The Bertz CT molecular complexity index is 777. The summed E-state index contributed by atoms with van der Waals surface area (Å²) in [4.78, 5) is 25.2. The van der Waals surface area contributed by atoms with E-state index in [0.29, 0.717) is 32.5 Å². The van der Waals surface area contributed by atoms with E-state index in [9.17, 15) is 14.0 Å². The first kappa shape index (κ1) is 20.2. The van der Waals surface area contributed by atoms with Crippen LogP contribution in [0.25, 0.3) is 0 Å². The number of Topliss-reactive ketones (excluding diaryl/α,β-unsaturated/α-hetero) is 1. The van der Waals surface area contributed by atoms with E-state index in [1.54, 1.807) is 12.1 Å². The second kappa shape index (κ2) is 10.1. The van der Waals surface area contributed by atoms with Gasteiger partial charge in [0.15, 0.2) is 0 Å². The number of ketones is 1. The summed E-state index contributed by atoms with van der Waals surface area (Å²) < 4.78 is 12.9. The second-order valence-corrected chi connectivity index (χ2v) is 7.34. The summed E-state index contributed by atoms with van der Waals surface area (Å²) in [5, 5.41) is 6.16. The minimum absolute atomic E-state index is 0.0437. The van der Waals surface area contributed by atoms with Gasteiger partial charge in [-0.2, -0.15) is 0 Å². The van der Waals surface area contributed by atoms with Crippen molar-refractivity contribution in [2.75, 3.05) is 19.6 Å². The van der Waals surface area contributed by atoms with Crippen molar-refractivity contribution in [1.82, 2.24) is 10.6 Å². The quantitative estimate of drug-likeness (QED) is 0.701. The van der Waals surface area contributed by atoms with Crippen LogP contribution < -0.4 is 10.6 Å². The lowest BCUT2D eigenvalue weighted by atomic mass is 9.88. The predicted molar refractivity (Wildman–Crippen MR) is 107 cm³/mol. The van der Waals surface area contributed by atoms with Crippen molar-refractivity contribution in [3.05, 3.63) is 71.5 Å². The molecule has 1 fully saturated rings. The summed E-state index contributed by atoms with van der Waals surface area (Å²) in [7, 11) is 0. The highest BCUT2D eigenvalue weighted by Crippen LogP contribution is 2.21. The minimum atomic E-state index is -0.297. The summed E-state index contributed by atoms with van der Waals surface area (Å²) in [5.41, 5.74) is 2.20. The van der Waals surface area contributed by atoms with Crippen molar-refractivity contribution >= 4 is 11.7 Å². The zero-order valence-electron chi connectivity index (χ0n) is 16.0. The van der Waals surface area contributed by atoms with E-state index in [1.807, 2.05) is 30.3 Å². The van der Waals surface area contributed by atoms with Gasteiger partial charge in [-0.3, -0.25) is 9.59 Å². The van der Waals surface area contributed by atoms with Crippen molar-refractivity contribution in [3.63, 3.8) is 0 Å². The standard InChI is InChI=1S/C23H27FN2O2/c24-19-11-9-18(10-12-19)7-4-8-22(27)20-15-25-16-21(20)23(28)26-14-13-17-5-2-1-3-6-17/h1-3,5-6,9-12,20-21,25H,4,7-8,13-16H2,(H,26,28)/t20-,21-/m1/s1. The van der Waals surface area contributed by atoms with Gasteiger partial charge >= 0.3 is 0 Å². The first-order valence-corrected chi connectivity index (χ1v) is 9.93. The van der Waals surface area contributed by atoms with E-state index in [1.165, 1.54) is 17.7 Å². The van der Waals surface area contributed by atoms with Gasteiger partial charge in [-0.05, 0) is 42.5 Å². The predicted octanol–water partition coefficient (Wildman–Crippen LogP) is 2.91. The van der Waals surface area contributed by atoms with Crippen LogP contribution in [0.1, 0.15) is 24.0 Å². The molecule has 4 nitrogen and oxygen atoms in total. The molecule has 148 valence electrons. The molecule has 2 aromatic carbocycles. The highest BCUT2D eigenvalue weighted by atomic mass is 19.1. The Morgan fingerprint density at radius 1 is 0.929 bits per heavy atom. The van der Waals surface area contributed by atoms with Gasteiger partial charge in [0, 0.05) is 32.0 Å². The average molecular weight is 382 g/mol. The van der Waals surface area contributed by atoms with Crippen LogP contribution in [0, 0.1) is 17.7 Å². The highest BCUT2D eigenvalue weighted by Gasteiger charge is 2.36. The summed E-state index contributed by atoms with van der Waals surface area (Å²) in [6.07, 6.45) is 2.67. The zero-order chi connectivity index (χ0) is 19.8. The molecule has 1 heterocycles. The molecular formula is C23H27FN2O2. The number of hydrogen-bond acceptors (Lipinski definition) is 3. The molecule has 2 N–H and O–H groups in total. The monoisotopic (exact) mass is 382 g/mol. The fourth-order valence-electron chi connectivity index (χ4n) is 3.70. The highest BCUT2D eigenvalue weighted by molar-refractivity contribution is 5.89. The van der Waals surface area contributed by atoms with Crippen LogP contribution in [0.5, 0.6) is 0 Å². The lowest BCUT2D eigenvalue weighted by Gasteiger charge is -2.17. The molecule has 2 aromatic rings. The van der Waals surface area contributed by atoms with E-state index >= 15 is 0 Å². The van der Waals surface area contributed by atoms with Gasteiger partial charge in [-0.1, -0.05) is 42.5 Å². The number of carbonyl (C=O) groups excluding carboxylic acids is 2. The number of halogens is 1. The fraction of sp³-hybridized carbons (Fsp3) is 0.391. The van der Waals surface area contributed by atoms with Crippen molar-refractivity contribution < 1.29 is 14.0 Å². The Morgan fingerprint density at radius 2 is 1.61 bits per heavy atom. The molecular weight excluding hydrogens is 355 g/mol. The third-order valence-corrected chi connectivity index (χ3v) is 5.32. The number of benzene rings is 2. The Kier molecular flexibility index (Phi) is 7.31. The minimum Gasteiger partial charge on any atom is -0.355 e. The largest absolute Gasteiger partial charge is 0.355 e. The van der Waals surface area contributed by atoms with E-state index in [0.717, 1.165) is 18.4 Å². The van der Waals surface area contributed by atoms with Gasteiger partial charge in [0.05, 0.1) is 5.92 Å². The molecule has 1 aliphatic rings. The fourth-order valence-corrected chi connectivity index (χ4v) is 3.70. The molecule has 0 aliphatic carbocycles. The third-order valence-electron chi connectivity index (χ3n) is 5.32. The van der Waals surface area contributed by atoms with Crippen LogP contribution in [0.3, 0.4) is 0 Å². The van der Waals surface area contributed by atoms with E-state index in [4.69, 9.17) is 0 Å². The molecule has 3 rings (SSSR count). The third kappa shape index (κ3) is 5.73. The lowest BCUT2D eigenvalue weighted by molar-refractivity contribution is -0.131. The average Bonchev–Trinajstić information content (AvgIpc) is 3.20.